The Bertz CT molecular complexity index is 723. The molecular weight excluding hydrogens is 311 g/mol. The van der Waals surface area contributed by atoms with Crippen molar-refractivity contribution in [3.63, 3.8) is 0 Å². The maximum atomic E-state index is 13.6. The third-order valence-electron chi connectivity index (χ3n) is 4.25. The first kappa shape index (κ1) is 16.6. The summed E-state index contributed by atoms with van der Waals surface area (Å²) in [6, 6.07) is 4.63. The molecule has 0 spiro atoms. The van der Waals surface area contributed by atoms with Crippen LogP contribution in [-0.2, 0) is 13.0 Å². The summed E-state index contributed by atoms with van der Waals surface area (Å²) in [7, 11) is 0. The van der Waals surface area contributed by atoms with E-state index < -0.39 is 0 Å². The highest BCUT2D eigenvalue weighted by Crippen LogP contribution is 2.14. The lowest BCUT2D eigenvalue weighted by molar-refractivity contribution is 0.0617. The molecule has 0 unspecified atom stereocenters. The van der Waals surface area contributed by atoms with Crippen LogP contribution in [0.5, 0.6) is 0 Å². The largest absolute Gasteiger partial charge is 0.424 e. The number of carbonyl (C=O) groups excluding carboxylic acids is 1. The summed E-state index contributed by atoms with van der Waals surface area (Å²) >= 11 is 0. The molecule has 1 fully saturated rings. The fourth-order valence-electron chi connectivity index (χ4n) is 2.70. The van der Waals surface area contributed by atoms with Crippen LogP contribution in [0.2, 0.25) is 0 Å². The summed E-state index contributed by atoms with van der Waals surface area (Å²) in [4.78, 5) is 16.4. The van der Waals surface area contributed by atoms with Crippen molar-refractivity contribution in [2.24, 2.45) is 0 Å². The van der Waals surface area contributed by atoms with Crippen molar-refractivity contribution in [3.05, 3.63) is 46.9 Å². The monoisotopic (exact) mass is 332 g/mol. The molecule has 0 radical (unpaired) electrons. The molecule has 6 nitrogen and oxygen atoms in total. The summed E-state index contributed by atoms with van der Waals surface area (Å²) < 4.78 is 19.2. The van der Waals surface area contributed by atoms with Crippen molar-refractivity contribution in [2.45, 2.75) is 26.8 Å². The zero-order chi connectivity index (χ0) is 17.1. The Kier molecular flexibility index (Phi) is 4.89. The van der Waals surface area contributed by atoms with Crippen LogP contribution < -0.4 is 0 Å². The van der Waals surface area contributed by atoms with E-state index in [0.717, 1.165) is 19.5 Å². The predicted molar refractivity (Wildman–Crippen MR) is 86.0 cm³/mol. The first-order chi connectivity index (χ1) is 11.6. The van der Waals surface area contributed by atoms with Gasteiger partial charge in [0.2, 0.25) is 11.8 Å². The minimum absolute atomic E-state index is 0.125. The number of aryl methyl sites for hydroxylation is 2. The molecule has 0 atom stereocenters. The van der Waals surface area contributed by atoms with Crippen molar-refractivity contribution in [1.29, 1.82) is 0 Å². The third-order valence-corrected chi connectivity index (χ3v) is 4.25. The number of hydrogen-bond donors (Lipinski definition) is 0. The Labute approximate surface area is 140 Å². The molecule has 1 aliphatic rings. The summed E-state index contributed by atoms with van der Waals surface area (Å²) in [6.45, 7) is 6.90. The molecule has 7 heteroatoms. The second-order valence-corrected chi connectivity index (χ2v) is 5.98. The van der Waals surface area contributed by atoms with Gasteiger partial charge in [-0.25, -0.2) is 4.39 Å². The number of benzene rings is 1. The number of aromatic nitrogens is 2. The fourth-order valence-corrected chi connectivity index (χ4v) is 2.70. The standard InChI is InChI=1S/C17H21FN4O2/c1-3-15-19-20-16(24-15)11-21-6-8-22(9-7-21)17(23)13-5-4-12(2)14(18)10-13/h4-5,10H,3,6-9,11H2,1-2H3. The Balaban J connectivity index is 1.56. The van der Waals surface area contributed by atoms with E-state index in [2.05, 4.69) is 15.1 Å². The quantitative estimate of drug-likeness (QED) is 0.857. The second kappa shape index (κ2) is 7.09. The highest BCUT2D eigenvalue weighted by molar-refractivity contribution is 5.94. The van der Waals surface area contributed by atoms with Crippen molar-refractivity contribution in [2.75, 3.05) is 26.2 Å². The number of halogens is 1. The highest BCUT2D eigenvalue weighted by atomic mass is 19.1. The maximum Gasteiger partial charge on any atom is 0.254 e. The van der Waals surface area contributed by atoms with Gasteiger partial charge in [0.05, 0.1) is 6.54 Å². The van der Waals surface area contributed by atoms with Gasteiger partial charge < -0.3 is 9.32 Å². The number of piperazine rings is 1. The second-order valence-electron chi connectivity index (χ2n) is 5.98. The molecule has 2 heterocycles. The average Bonchev–Trinajstić information content (AvgIpc) is 3.05. The SMILES string of the molecule is CCc1nnc(CN2CCN(C(=O)c3ccc(C)c(F)c3)CC2)o1. The molecule has 1 aromatic heterocycles. The van der Waals surface area contributed by atoms with E-state index in [1.807, 2.05) is 6.92 Å². The van der Waals surface area contributed by atoms with Crippen LogP contribution in [0.4, 0.5) is 4.39 Å². The number of nitrogens with zero attached hydrogens (tertiary/aromatic N) is 4. The number of hydrogen-bond acceptors (Lipinski definition) is 5. The van der Waals surface area contributed by atoms with Gasteiger partial charge >= 0.3 is 0 Å². The number of carbonyl (C=O) groups is 1. The third kappa shape index (κ3) is 3.62. The van der Waals surface area contributed by atoms with E-state index in [0.29, 0.717) is 42.5 Å². The first-order valence-electron chi connectivity index (χ1n) is 8.16. The number of rotatable bonds is 4. The lowest BCUT2D eigenvalue weighted by atomic mass is 10.1. The normalized spacial score (nSPS) is 15.7. The van der Waals surface area contributed by atoms with Crippen LogP contribution in [-0.4, -0.2) is 52.1 Å². The lowest BCUT2D eigenvalue weighted by Crippen LogP contribution is -2.48. The minimum atomic E-state index is -0.345. The topological polar surface area (TPSA) is 62.5 Å². The molecule has 1 aliphatic heterocycles. The van der Waals surface area contributed by atoms with Crippen LogP contribution >= 0.6 is 0 Å². The maximum absolute atomic E-state index is 13.6. The molecule has 2 aromatic rings. The van der Waals surface area contributed by atoms with E-state index in [4.69, 9.17) is 4.42 Å². The van der Waals surface area contributed by atoms with Gasteiger partial charge in [0.25, 0.3) is 5.91 Å². The van der Waals surface area contributed by atoms with Crippen molar-refractivity contribution in [1.82, 2.24) is 20.0 Å². The van der Waals surface area contributed by atoms with Gasteiger partial charge in [-0.3, -0.25) is 9.69 Å². The zero-order valence-electron chi connectivity index (χ0n) is 14.0. The van der Waals surface area contributed by atoms with Gasteiger partial charge in [-0.15, -0.1) is 10.2 Å². The van der Waals surface area contributed by atoms with Crippen molar-refractivity contribution >= 4 is 5.91 Å². The van der Waals surface area contributed by atoms with E-state index in [9.17, 15) is 9.18 Å². The summed E-state index contributed by atoms with van der Waals surface area (Å²) in [6.07, 6.45) is 0.725. The summed E-state index contributed by atoms with van der Waals surface area (Å²) in [5.41, 5.74) is 0.943. The average molecular weight is 332 g/mol. The molecule has 1 amide bonds. The zero-order valence-corrected chi connectivity index (χ0v) is 14.0. The van der Waals surface area contributed by atoms with E-state index in [1.165, 1.54) is 6.07 Å². The van der Waals surface area contributed by atoms with Crippen molar-refractivity contribution in [3.8, 4) is 0 Å². The molecule has 0 aliphatic carbocycles. The molecular formula is C17H21FN4O2. The molecule has 0 bridgehead atoms. The van der Waals surface area contributed by atoms with Gasteiger partial charge in [0, 0.05) is 38.2 Å². The first-order valence-corrected chi connectivity index (χ1v) is 8.16. The van der Waals surface area contributed by atoms with Crippen LogP contribution in [0.3, 0.4) is 0 Å². The molecule has 0 N–H and O–H groups in total. The molecule has 0 saturated carbocycles. The molecule has 1 saturated heterocycles. The Morgan fingerprint density at radius 2 is 1.92 bits per heavy atom. The fraction of sp³-hybridized carbons (Fsp3) is 0.471. The van der Waals surface area contributed by atoms with Gasteiger partial charge in [-0.05, 0) is 24.6 Å². The van der Waals surface area contributed by atoms with Gasteiger partial charge in [0.15, 0.2) is 0 Å². The molecule has 1 aromatic carbocycles. The van der Waals surface area contributed by atoms with E-state index >= 15 is 0 Å². The van der Waals surface area contributed by atoms with Gasteiger partial charge in [-0.2, -0.15) is 0 Å². The van der Waals surface area contributed by atoms with Crippen LogP contribution in [0.15, 0.2) is 22.6 Å². The molecule has 3 rings (SSSR count). The minimum Gasteiger partial charge on any atom is -0.424 e. The Hall–Kier alpha value is -2.28. The summed E-state index contributed by atoms with van der Waals surface area (Å²) in [5.74, 6) is 0.773. The molecule has 24 heavy (non-hydrogen) atoms. The van der Waals surface area contributed by atoms with Crippen LogP contribution in [0.25, 0.3) is 0 Å². The predicted octanol–water partition coefficient (Wildman–Crippen LogP) is 2.04. The van der Waals surface area contributed by atoms with Crippen LogP contribution in [0, 0.1) is 12.7 Å². The summed E-state index contributed by atoms with van der Waals surface area (Å²) in [5, 5.41) is 7.98. The van der Waals surface area contributed by atoms with Crippen LogP contribution in [0.1, 0.15) is 34.6 Å². The van der Waals surface area contributed by atoms with E-state index in [-0.39, 0.29) is 11.7 Å². The Morgan fingerprint density at radius 3 is 2.54 bits per heavy atom. The van der Waals surface area contributed by atoms with Crippen molar-refractivity contribution < 1.29 is 13.6 Å². The van der Waals surface area contributed by atoms with E-state index in [1.54, 1.807) is 24.0 Å². The smallest absolute Gasteiger partial charge is 0.254 e. The van der Waals surface area contributed by atoms with Gasteiger partial charge in [-0.1, -0.05) is 13.0 Å². The lowest BCUT2D eigenvalue weighted by Gasteiger charge is -2.34. The molecule has 128 valence electrons. The highest BCUT2D eigenvalue weighted by Gasteiger charge is 2.23. The Morgan fingerprint density at radius 1 is 1.21 bits per heavy atom. The number of amides is 1. The van der Waals surface area contributed by atoms with Gasteiger partial charge in [0.1, 0.15) is 5.82 Å².